The molecule has 1 aromatic heterocycles. The molecule has 0 saturated carbocycles. The fourth-order valence-corrected chi connectivity index (χ4v) is 3.14. The standard InChI is InChI=1S/C14H17N3S/c15-14(17-8-3-9-17)16-7-6-12-10-11-4-1-2-5-13(11)18-12/h1-2,4-5,10H,3,6-9H2,(H2,15,16). The van der Waals surface area contributed by atoms with Crippen molar-refractivity contribution in [2.24, 2.45) is 10.7 Å². The van der Waals surface area contributed by atoms with E-state index in [1.165, 1.54) is 21.4 Å². The number of aliphatic imine (C=N–C) groups is 1. The minimum Gasteiger partial charge on any atom is -0.370 e. The Kier molecular flexibility index (Phi) is 3.19. The van der Waals surface area contributed by atoms with Gasteiger partial charge in [0.25, 0.3) is 0 Å². The van der Waals surface area contributed by atoms with Gasteiger partial charge >= 0.3 is 0 Å². The second-order valence-electron chi connectivity index (χ2n) is 4.58. The molecule has 1 aromatic carbocycles. The Morgan fingerprint density at radius 2 is 2.17 bits per heavy atom. The van der Waals surface area contributed by atoms with Crippen LogP contribution in [0.1, 0.15) is 11.3 Å². The summed E-state index contributed by atoms with van der Waals surface area (Å²) in [4.78, 5) is 7.95. The number of nitrogens with zero attached hydrogens (tertiary/aromatic N) is 2. The first kappa shape index (κ1) is 11.5. The average molecular weight is 259 g/mol. The first-order chi connectivity index (χ1) is 8.83. The summed E-state index contributed by atoms with van der Waals surface area (Å²) in [5.41, 5.74) is 5.90. The summed E-state index contributed by atoms with van der Waals surface area (Å²) in [6, 6.07) is 10.8. The SMILES string of the molecule is NC(=NCCc1cc2ccccc2s1)N1CCC1. The Morgan fingerprint density at radius 3 is 2.89 bits per heavy atom. The molecule has 1 aliphatic rings. The quantitative estimate of drug-likeness (QED) is 0.679. The molecule has 0 spiro atoms. The van der Waals surface area contributed by atoms with Gasteiger partial charge in [0.15, 0.2) is 5.96 Å². The zero-order valence-corrected chi connectivity index (χ0v) is 11.1. The lowest BCUT2D eigenvalue weighted by atomic mass is 10.2. The van der Waals surface area contributed by atoms with Gasteiger partial charge in [0.1, 0.15) is 0 Å². The lowest BCUT2D eigenvalue weighted by Crippen LogP contribution is -2.46. The third-order valence-electron chi connectivity index (χ3n) is 3.29. The number of fused-ring (bicyclic) bond motifs is 1. The predicted octanol–water partition coefficient (Wildman–Crippen LogP) is 2.46. The summed E-state index contributed by atoms with van der Waals surface area (Å²) in [7, 11) is 0. The van der Waals surface area contributed by atoms with Crippen molar-refractivity contribution < 1.29 is 0 Å². The van der Waals surface area contributed by atoms with Crippen molar-refractivity contribution in [1.82, 2.24) is 4.90 Å². The van der Waals surface area contributed by atoms with Crippen molar-refractivity contribution in [3.05, 3.63) is 35.2 Å². The van der Waals surface area contributed by atoms with E-state index < -0.39 is 0 Å². The maximum Gasteiger partial charge on any atom is 0.191 e. The average Bonchev–Trinajstić information content (AvgIpc) is 2.69. The monoisotopic (exact) mass is 259 g/mol. The van der Waals surface area contributed by atoms with E-state index in [-0.39, 0.29) is 0 Å². The van der Waals surface area contributed by atoms with Gasteiger partial charge in [0.2, 0.25) is 0 Å². The minimum absolute atomic E-state index is 0.711. The fourth-order valence-electron chi connectivity index (χ4n) is 2.09. The Balaban J connectivity index is 1.62. The second-order valence-corrected chi connectivity index (χ2v) is 5.75. The Bertz CT molecular complexity index is 536. The van der Waals surface area contributed by atoms with Crippen LogP contribution in [-0.2, 0) is 6.42 Å². The molecule has 0 amide bonds. The van der Waals surface area contributed by atoms with Crippen LogP contribution in [0.3, 0.4) is 0 Å². The second kappa shape index (κ2) is 4.98. The number of rotatable bonds is 3. The molecule has 18 heavy (non-hydrogen) atoms. The zero-order valence-electron chi connectivity index (χ0n) is 10.3. The fraction of sp³-hybridized carbons (Fsp3) is 0.357. The topological polar surface area (TPSA) is 41.6 Å². The molecule has 2 heterocycles. The molecule has 1 fully saturated rings. The highest BCUT2D eigenvalue weighted by Gasteiger charge is 2.15. The third kappa shape index (κ3) is 2.34. The summed E-state index contributed by atoms with van der Waals surface area (Å²) in [5, 5.41) is 1.33. The maximum atomic E-state index is 5.90. The van der Waals surface area contributed by atoms with Gasteiger partial charge in [-0.15, -0.1) is 11.3 Å². The van der Waals surface area contributed by atoms with Crippen molar-refractivity contribution >= 4 is 27.4 Å². The largest absolute Gasteiger partial charge is 0.370 e. The molecule has 3 rings (SSSR count). The molecule has 1 aliphatic heterocycles. The maximum absolute atomic E-state index is 5.90. The van der Waals surface area contributed by atoms with Gasteiger partial charge in [-0.25, -0.2) is 0 Å². The summed E-state index contributed by atoms with van der Waals surface area (Å²) >= 11 is 1.85. The van der Waals surface area contributed by atoms with E-state index in [9.17, 15) is 0 Å². The van der Waals surface area contributed by atoms with Crippen LogP contribution in [0.2, 0.25) is 0 Å². The predicted molar refractivity (Wildman–Crippen MR) is 78.2 cm³/mol. The number of hydrogen-bond acceptors (Lipinski definition) is 2. The first-order valence-electron chi connectivity index (χ1n) is 6.35. The number of guanidine groups is 1. The lowest BCUT2D eigenvalue weighted by molar-refractivity contribution is 0.296. The van der Waals surface area contributed by atoms with Crippen LogP contribution < -0.4 is 5.73 Å². The minimum atomic E-state index is 0.711. The molecule has 0 unspecified atom stereocenters. The van der Waals surface area contributed by atoms with Crippen LogP contribution in [0.5, 0.6) is 0 Å². The molecule has 2 N–H and O–H groups in total. The number of thiophene rings is 1. The van der Waals surface area contributed by atoms with Gasteiger partial charge < -0.3 is 10.6 Å². The number of hydrogen-bond donors (Lipinski definition) is 1. The highest BCUT2D eigenvalue weighted by Crippen LogP contribution is 2.25. The number of likely N-dealkylation sites (tertiary alicyclic amines) is 1. The van der Waals surface area contributed by atoms with E-state index in [1.807, 2.05) is 11.3 Å². The van der Waals surface area contributed by atoms with Crippen LogP contribution >= 0.6 is 11.3 Å². The van der Waals surface area contributed by atoms with Crippen molar-refractivity contribution in [3.8, 4) is 0 Å². The molecule has 0 bridgehead atoms. The van der Waals surface area contributed by atoms with Crippen molar-refractivity contribution in [1.29, 1.82) is 0 Å². The summed E-state index contributed by atoms with van der Waals surface area (Å²) in [6.45, 7) is 2.92. The first-order valence-corrected chi connectivity index (χ1v) is 7.17. The van der Waals surface area contributed by atoms with Gasteiger partial charge in [0.05, 0.1) is 0 Å². The van der Waals surface area contributed by atoms with E-state index in [0.29, 0.717) is 5.96 Å². The van der Waals surface area contributed by atoms with Gasteiger partial charge in [-0.2, -0.15) is 0 Å². The van der Waals surface area contributed by atoms with Gasteiger partial charge in [-0.1, -0.05) is 18.2 Å². The molecule has 1 saturated heterocycles. The molecule has 94 valence electrons. The molecular formula is C14H17N3S. The Labute approximate surface area is 111 Å². The van der Waals surface area contributed by atoms with Crippen LogP contribution in [0.25, 0.3) is 10.1 Å². The summed E-state index contributed by atoms with van der Waals surface area (Å²) in [5.74, 6) is 0.711. The molecule has 0 atom stereocenters. The van der Waals surface area contributed by atoms with Gasteiger partial charge in [-0.05, 0) is 23.9 Å². The number of nitrogens with two attached hydrogens (primary N) is 1. The van der Waals surface area contributed by atoms with Crippen LogP contribution in [0.15, 0.2) is 35.3 Å². The van der Waals surface area contributed by atoms with E-state index in [1.54, 1.807) is 0 Å². The summed E-state index contributed by atoms with van der Waals surface area (Å²) < 4.78 is 1.35. The van der Waals surface area contributed by atoms with Crippen LogP contribution in [0, 0.1) is 0 Å². The smallest absolute Gasteiger partial charge is 0.191 e. The van der Waals surface area contributed by atoms with Gasteiger partial charge in [0, 0.05) is 35.6 Å². The molecular weight excluding hydrogens is 242 g/mol. The third-order valence-corrected chi connectivity index (χ3v) is 4.46. The Morgan fingerprint density at radius 1 is 1.33 bits per heavy atom. The van der Waals surface area contributed by atoms with E-state index in [2.05, 4.69) is 40.2 Å². The van der Waals surface area contributed by atoms with Gasteiger partial charge in [-0.3, -0.25) is 4.99 Å². The van der Waals surface area contributed by atoms with E-state index >= 15 is 0 Å². The normalized spacial score (nSPS) is 16.0. The van der Waals surface area contributed by atoms with Crippen LogP contribution in [0.4, 0.5) is 0 Å². The van der Waals surface area contributed by atoms with Crippen LogP contribution in [-0.4, -0.2) is 30.5 Å². The molecule has 4 heteroatoms. The molecule has 2 aromatic rings. The van der Waals surface area contributed by atoms with E-state index in [0.717, 1.165) is 26.1 Å². The van der Waals surface area contributed by atoms with Crippen molar-refractivity contribution in [2.45, 2.75) is 12.8 Å². The molecule has 3 nitrogen and oxygen atoms in total. The highest BCUT2D eigenvalue weighted by atomic mass is 32.1. The van der Waals surface area contributed by atoms with Crippen molar-refractivity contribution in [3.63, 3.8) is 0 Å². The lowest BCUT2D eigenvalue weighted by Gasteiger charge is -2.31. The number of benzene rings is 1. The zero-order chi connectivity index (χ0) is 12.4. The highest BCUT2D eigenvalue weighted by molar-refractivity contribution is 7.19. The van der Waals surface area contributed by atoms with E-state index in [4.69, 9.17) is 5.73 Å². The molecule has 0 radical (unpaired) electrons. The summed E-state index contributed by atoms with van der Waals surface area (Å²) in [6.07, 6.45) is 2.22. The Hall–Kier alpha value is -1.55. The van der Waals surface area contributed by atoms with Crippen molar-refractivity contribution in [2.75, 3.05) is 19.6 Å². The molecule has 0 aliphatic carbocycles.